The summed E-state index contributed by atoms with van der Waals surface area (Å²) in [5.74, 6) is -0.159. The first-order valence-electron chi connectivity index (χ1n) is 7.99. The van der Waals surface area contributed by atoms with Crippen LogP contribution in [0.15, 0.2) is 42.5 Å². The van der Waals surface area contributed by atoms with Crippen LogP contribution in [0.25, 0.3) is 0 Å². The van der Waals surface area contributed by atoms with E-state index in [-0.39, 0.29) is 18.4 Å². The summed E-state index contributed by atoms with van der Waals surface area (Å²) in [6, 6.07) is 13.3. The summed E-state index contributed by atoms with van der Waals surface area (Å²) in [5, 5.41) is 8.78. The molecule has 24 heavy (non-hydrogen) atoms. The lowest BCUT2D eigenvalue weighted by Gasteiger charge is -2.12. The quantitative estimate of drug-likeness (QED) is 0.758. The fourth-order valence-electron chi connectivity index (χ4n) is 2.22. The fourth-order valence-corrected chi connectivity index (χ4v) is 2.22. The minimum Gasteiger partial charge on any atom is -0.376 e. The van der Waals surface area contributed by atoms with E-state index in [0.717, 1.165) is 28.2 Å². The van der Waals surface area contributed by atoms with Gasteiger partial charge in [-0.1, -0.05) is 25.1 Å². The van der Waals surface area contributed by atoms with Gasteiger partial charge in [0.1, 0.15) is 0 Å². The highest BCUT2D eigenvalue weighted by atomic mass is 16.2. The Bertz CT molecular complexity index is 741. The molecule has 5 nitrogen and oxygen atoms in total. The maximum Gasteiger partial charge on any atom is 0.243 e. The van der Waals surface area contributed by atoms with Gasteiger partial charge in [0.15, 0.2) is 0 Å². The van der Waals surface area contributed by atoms with E-state index in [1.807, 2.05) is 63.2 Å². The Morgan fingerprint density at radius 3 is 2.42 bits per heavy atom. The third-order valence-corrected chi connectivity index (χ3v) is 3.59. The van der Waals surface area contributed by atoms with Crippen LogP contribution in [-0.2, 0) is 9.59 Å². The molecule has 0 radical (unpaired) electrons. The Hall–Kier alpha value is -2.82. The number of anilines is 3. The molecule has 0 aliphatic rings. The van der Waals surface area contributed by atoms with Crippen LogP contribution in [0.2, 0.25) is 0 Å². The molecule has 0 bridgehead atoms. The molecule has 0 aliphatic carbocycles. The molecule has 2 rings (SSSR count). The Kier molecular flexibility index (Phi) is 5.95. The molecule has 0 unspecified atom stereocenters. The highest BCUT2D eigenvalue weighted by Gasteiger charge is 2.06. The van der Waals surface area contributed by atoms with E-state index in [1.165, 1.54) is 0 Å². The molecule has 0 aromatic heterocycles. The molecule has 2 aromatic carbocycles. The summed E-state index contributed by atoms with van der Waals surface area (Å²) in [4.78, 5) is 23.6. The first-order chi connectivity index (χ1) is 11.5. The summed E-state index contributed by atoms with van der Waals surface area (Å²) in [6.45, 7) is 5.87. The number of rotatable bonds is 6. The van der Waals surface area contributed by atoms with Gasteiger partial charge >= 0.3 is 0 Å². The van der Waals surface area contributed by atoms with Crippen LogP contribution in [0, 0.1) is 13.8 Å². The van der Waals surface area contributed by atoms with Crippen molar-refractivity contribution in [3.63, 3.8) is 0 Å². The van der Waals surface area contributed by atoms with Gasteiger partial charge in [0.2, 0.25) is 11.8 Å². The van der Waals surface area contributed by atoms with E-state index in [0.29, 0.717) is 6.42 Å². The number of amides is 2. The molecule has 0 spiro atoms. The summed E-state index contributed by atoms with van der Waals surface area (Å²) < 4.78 is 0. The van der Waals surface area contributed by atoms with Crippen molar-refractivity contribution in [2.75, 3.05) is 22.5 Å². The third-order valence-electron chi connectivity index (χ3n) is 3.59. The van der Waals surface area contributed by atoms with Crippen molar-refractivity contribution >= 4 is 28.9 Å². The predicted octanol–water partition coefficient (Wildman–Crippen LogP) is 3.70. The van der Waals surface area contributed by atoms with Crippen molar-refractivity contribution in [2.24, 2.45) is 0 Å². The van der Waals surface area contributed by atoms with E-state index in [2.05, 4.69) is 16.0 Å². The SMILES string of the molecule is CCC(=O)Nc1cc(NCC(=O)Nc2cccc(C)c2)ccc1C. The minimum absolute atomic E-state index is 0.0348. The number of aryl methyl sites for hydroxylation is 2. The van der Waals surface area contributed by atoms with Crippen LogP contribution in [0.4, 0.5) is 17.1 Å². The minimum atomic E-state index is -0.125. The zero-order valence-corrected chi connectivity index (χ0v) is 14.3. The maximum atomic E-state index is 12.0. The van der Waals surface area contributed by atoms with Gasteiger partial charge in [-0.2, -0.15) is 0 Å². The lowest BCUT2D eigenvalue weighted by atomic mass is 10.1. The maximum absolute atomic E-state index is 12.0. The molecule has 3 N–H and O–H groups in total. The molecule has 0 aliphatic heterocycles. The standard InChI is InChI=1S/C19H23N3O2/c1-4-18(23)22-17-11-15(9-8-14(17)3)20-12-19(24)21-16-7-5-6-13(2)10-16/h5-11,20H,4,12H2,1-3H3,(H,21,24)(H,22,23). The summed E-state index contributed by atoms with van der Waals surface area (Å²) >= 11 is 0. The molecule has 0 atom stereocenters. The Morgan fingerprint density at radius 2 is 1.71 bits per heavy atom. The van der Waals surface area contributed by atoms with Crippen molar-refractivity contribution in [3.8, 4) is 0 Å². The van der Waals surface area contributed by atoms with Crippen LogP contribution in [-0.4, -0.2) is 18.4 Å². The van der Waals surface area contributed by atoms with E-state index >= 15 is 0 Å². The molecular weight excluding hydrogens is 302 g/mol. The smallest absolute Gasteiger partial charge is 0.243 e. The largest absolute Gasteiger partial charge is 0.376 e. The number of carbonyl (C=O) groups is 2. The van der Waals surface area contributed by atoms with E-state index in [1.54, 1.807) is 0 Å². The second-order valence-electron chi connectivity index (χ2n) is 5.70. The van der Waals surface area contributed by atoms with Crippen LogP contribution in [0.3, 0.4) is 0 Å². The molecule has 0 heterocycles. The molecule has 0 saturated carbocycles. The van der Waals surface area contributed by atoms with Gasteiger partial charge < -0.3 is 16.0 Å². The fraction of sp³-hybridized carbons (Fsp3) is 0.263. The monoisotopic (exact) mass is 325 g/mol. The van der Waals surface area contributed by atoms with Crippen LogP contribution < -0.4 is 16.0 Å². The number of benzene rings is 2. The number of hydrogen-bond donors (Lipinski definition) is 3. The summed E-state index contributed by atoms with van der Waals surface area (Å²) in [7, 11) is 0. The number of nitrogens with one attached hydrogen (secondary N) is 3. The van der Waals surface area contributed by atoms with Crippen molar-refractivity contribution < 1.29 is 9.59 Å². The molecule has 0 saturated heterocycles. The molecule has 126 valence electrons. The van der Waals surface area contributed by atoms with Crippen LogP contribution in [0.5, 0.6) is 0 Å². The van der Waals surface area contributed by atoms with Gasteiger partial charge in [-0.3, -0.25) is 9.59 Å². The third kappa shape index (κ3) is 5.12. The predicted molar refractivity (Wildman–Crippen MR) is 98.4 cm³/mol. The first-order valence-corrected chi connectivity index (χ1v) is 7.99. The van der Waals surface area contributed by atoms with E-state index < -0.39 is 0 Å². The Labute approximate surface area is 142 Å². The normalized spacial score (nSPS) is 10.1. The molecule has 5 heteroatoms. The van der Waals surface area contributed by atoms with Gasteiger partial charge in [-0.15, -0.1) is 0 Å². The number of carbonyl (C=O) groups excluding carboxylic acids is 2. The van der Waals surface area contributed by atoms with Gasteiger partial charge in [-0.05, 0) is 49.2 Å². The highest BCUT2D eigenvalue weighted by Crippen LogP contribution is 2.20. The second kappa shape index (κ2) is 8.15. The summed E-state index contributed by atoms with van der Waals surface area (Å²) in [5.41, 5.74) is 4.39. The second-order valence-corrected chi connectivity index (χ2v) is 5.70. The molecule has 0 fully saturated rings. The van der Waals surface area contributed by atoms with E-state index in [9.17, 15) is 9.59 Å². The molecule has 2 amide bonds. The zero-order chi connectivity index (χ0) is 17.5. The van der Waals surface area contributed by atoms with Crippen molar-refractivity contribution in [1.82, 2.24) is 0 Å². The average molecular weight is 325 g/mol. The first kappa shape index (κ1) is 17.5. The van der Waals surface area contributed by atoms with Crippen LogP contribution in [0.1, 0.15) is 24.5 Å². The highest BCUT2D eigenvalue weighted by molar-refractivity contribution is 5.94. The summed E-state index contributed by atoms with van der Waals surface area (Å²) in [6.07, 6.45) is 0.427. The lowest BCUT2D eigenvalue weighted by molar-refractivity contribution is -0.116. The van der Waals surface area contributed by atoms with Gasteiger partial charge in [-0.25, -0.2) is 0 Å². The van der Waals surface area contributed by atoms with Gasteiger partial charge in [0, 0.05) is 23.5 Å². The van der Waals surface area contributed by atoms with Crippen molar-refractivity contribution in [3.05, 3.63) is 53.6 Å². The lowest BCUT2D eigenvalue weighted by Crippen LogP contribution is -2.21. The zero-order valence-electron chi connectivity index (χ0n) is 14.3. The van der Waals surface area contributed by atoms with Crippen molar-refractivity contribution in [1.29, 1.82) is 0 Å². The Morgan fingerprint density at radius 1 is 0.917 bits per heavy atom. The van der Waals surface area contributed by atoms with Crippen LogP contribution >= 0.6 is 0 Å². The molecular formula is C19H23N3O2. The van der Waals surface area contributed by atoms with Gasteiger partial charge in [0.25, 0.3) is 0 Å². The van der Waals surface area contributed by atoms with Crippen molar-refractivity contribution in [2.45, 2.75) is 27.2 Å². The van der Waals surface area contributed by atoms with Gasteiger partial charge in [0.05, 0.1) is 6.54 Å². The van der Waals surface area contributed by atoms with E-state index in [4.69, 9.17) is 0 Å². The topological polar surface area (TPSA) is 70.2 Å². The number of hydrogen-bond acceptors (Lipinski definition) is 3. The molecule has 2 aromatic rings. The average Bonchev–Trinajstić information content (AvgIpc) is 2.55. The Balaban J connectivity index is 1.95.